The van der Waals surface area contributed by atoms with Crippen molar-refractivity contribution in [2.45, 2.75) is 13.2 Å². The SMILES string of the molecule is CNCc1ccccc1COc1ccc(F)c(Cl)c1. The molecule has 0 unspecified atom stereocenters. The minimum Gasteiger partial charge on any atom is -0.489 e. The Morgan fingerprint density at radius 3 is 2.58 bits per heavy atom. The minimum atomic E-state index is -0.440. The first kappa shape index (κ1) is 13.8. The van der Waals surface area contributed by atoms with Crippen LogP contribution in [0.1, 0.15) is 11.1 Å². The first-order valence-corrected chi connectivity index (χ1v) is 6.37. The Hall–Kier alpha value is -1.58. The molecule has 0 aliphatic heterocycles. The van der Waals surface area contributed by atoms with E-state index in [2.05, 4.69) is 5.32 Å². The molecule has 0 atom stereocenters. The molecule has 0 radical (unpaired) electrons. The van der Waals surface area contributed by atoms with E-state index in [4.69, 9.17) is 16.3 Å². The van der Waals surface area contributed by atoms with Gasteiger partial charge in [0.05, 0.1) is 5.02 Å². The molecule has 0 amide bonds. The van der Waals surface area contributed by atoms with Crippen molar-refractivity contribution in [3.8, 4) is 5.75 Å². The van der Waals surface area contributed by atoms with Crippen LogP contribution in [0.2, 0.25) is 5.02 Å². The van der Waals surface area contributed by atoms with Gasteiger partial charge in [-0.1, -0.05) is 35.9 Å². The number of halogens is 2. The summed E-state index contributed by atoms with van der Waals surface area (Å²) in [7, 11) is 1.90. The average Bonchev–Trinajstić information content (AvgIpc) is 2.42. The molecule has 0 spiro atoms. The Morgan fingerprint density at radius 2 is 1.89 bits per heavy atom. The molecule has 4 heteroatoms. The molecule has 0 saturated heterocycles. The molecule has 2 nitrogen and oxygen atoms in total. The Bertz CT molecular complexity index is 560. The summed E-state index contributed by atoms with van der Waals surface area (Å²) in [5.41, 5.74) is 2.27. The summed E-state index contributed by atoms with van der Waals surface area (Å²) in [6.07, 6.45) is 0. The van der Waals surface area contributed by atoms with E-state index in [0.29, 0.717) is 12.4 Å². The average molecular weight is 280 g/mol. The zero-order valence-corrected chi connectivity index (χ0v) is 11.4. The fourth-order valence-electron chi connectivity index (χ4n) is 1.79. The standard InChI is InChI=1S/C15H15ClFNO/c1-18-9-11-4-2-3-5-12(11)10-19-13-6-7-15(17)14(16)8-13/h2-8,18H,9-10H2,1H3. The summed E-state index contributed by atoms with van der Waals surface area (Å²) in [6, 6.07) is 12.4. The maximum absolute atomic E-state index is 13.0. The van der Waals surface area contributed by atoms with Crippen LogP contribution in [0.15, 0.2) is 42.5 Å². The van der Waals surface area contributed by atoms with E-state index in [1.807, 2.05) is 31.3 Å². The van der Waals surface area contributed by atoms with Crippen LogP contribution < -0.4 is 10.1 Å². The molecule has 0 aliphatic carbocycles. The van der Waals surface area contributed by atoms with Gasteiger partial charge in [0.1, 0.15) is 18.2 Å². The molecule has 100 valence electrons. The maximum atomic E-state index is 13.0. The van der Waals surface area contributed by atoms with Crippen LogP contribution in [-0.4, -0.2) is 7.05 Å². The smallest absolute Gasteiger partial charge is 0.142 e. The fraction of sp³-hybridized carbons (Fsp3) is 0.200. The lowest BCUT2D eigenvalue weighted by Gasteiger charge is -2.11. The van der Waals surface area contributed by atoms with Gasteiger partial charge in [-0.15, -0.1) is 0 Å². The van der Waals surface area contributed by atoms with Crippen molar-refractivity contribution in [1.82, 2.24) is 5.32 Å². The highest BCUT2D eigenvalue weighted by Crippen LogP contribution is 2.22. The minimum absolute atomic E-state index is 0.0704. The van der Waals surface area contributed by atoms with Crippen LogP contribution in [0.3, 0.4) is 0 Å². The normalized spacial score (nSPS) is 10.5. The van der Waals surface area contributed by atoms with Crippen molar-refractivity contribution < 1.29 is 9.13 Å². The van der Waals surface area contributed by atoms with Crippen molar-refractivity contribution in [2.24, 2.45) is 0 Å². The van der Waals surface area contributed by atoms with Crippen LogP contribution >= 0.6 is 11.6 Å². The van der Waals surface area contributed by atoms with E-state index in [0.717, 1.165) is 12.1 Å². The van der Waals surface area contributed by atoms with Crippen molar-refractivity contribution in [2.75, 3.05) is 7.05 Å². The first-order valence-electron chi connectivity index (χ1n) is 6.00. The molecule has 0 saturated carbocycles. The highest BCUT2D eigenvalue weighted by molar-refractivity contribution is 6.30. The molecule has 0 heterocycles. The summed E-state index contributed by atoms with van der Waals surface area (Å²) in [5.74, 6) is 0.121. The zero-order valence-electron chi connectivity index (χ0n) is 10.6. The molecule has 2 aromatic rings. The molecule has 1 N–H and O–H groups in total. The highest BCUT2D eigenvalue weighted by Gasteiger charge is 2.04. The molecule has 2 rings (SSSR count). The highest BCUT2D eigenvalue weighted by atomic mass is 35.5. The van der Waals surface area contributed by atoms with Crippen LogP contribution in [-0.2, 0) is 13.2 Å². The van der Waals surface area contributed by atoms with Crippen molar-refractivity contribution in [1.29, 1.82) is 0 Å². The maximum Gasteiger partial charge on any atom is 0.142 e. The van der Waals surface area contributed by atoms with E-state index < -0.39 is 5.82 Å². The third-order valence-corrected chi connectivity index (χ3v) is 3.06. The second-order valence-corrected chi connectivity index (χ2v) is 4.57. The molecule has 0 aliphatic rings. The van der Waals surface area contributed by atoms with Crippen molar-refractivity contribution in [3.63, 3.8) is 0 Å². The van der Waals surface area contributed by atoms with Crippen LogP contribution in [0.5, 0.6) is 5.75 Å². The van der Waals surface area contributed by atoms with Crippen molar-refractivity contribution >= 4 is 11.6 Å². The predicted octanol–water partition coefficient (Wildman–Crippen LogP) is 3.78. The zero-order chi connectivity index (χ0) is 13.7. The number of hydrogen-bond acceptors (Lipinski definition) is 2. The van der Waals surface area contributed by atoms with Gasteiger partial charge in [0, 0.05) is 12.6 Å². The van der Waals surface area contributed by atoms with Crippen LogP contribution in [0.25, 0.3) is 0 Å². The molecule has 0 bridgehead atoms. The van der Waals surface area contributed by atoms with Gasteiger partial charge in [0.2, 0.25) is 0 Å². The molecule has 0 fully saturated rings. The van der Waals surface area contributed by atoms with Gasteiger partial charge in [-0.05, 0) is 30.3 Å². The molecular weight excluding hydrogens is 265 g/mol. The van der Waals surface area contributed by atoms with Gasteiger partial charge in [-0.2, -0.15) is 0 Å². The molecule has 19 heavy (non-hydrogen) atoms. The molecule has 2 aromatic carbocycles. The number of hydrogen-bond donors (Lipinski definition) is 1. The number of benzene rings is 2. The fourth-order valence-corrected chi connectivity index (χ4v) is 1.96. The largest absolute Gasteiger partial charge is 0.489 e. The number of ether oxygens (including phenoxy) is 1. The lowest BCUT2D eigenvalue weighted by molar-refractivity contribution is 0.304. The third kappa shape index (κ3) is 3.69. The summed E-state index contributed by atoms with van der Waals surface area (Å²) in [4.78, 5) is 0. The molecule has 0 aromatic heterocycles. The van der Waals surface area contributed by atoms with Crippen LogP contribution in [0.4, 0.5) is 4.39 Å². The lowest BCUT2D eigenvalue weighted by atomic mass is 10.1. The number of rotatable bonds is 5. The Labute approximate surface area is 117 Å². The van der Waals surface area contributed by atoms with E-state index in [-0.39, 0.29) is 5.02 Å². The van der Waals surface area contributed by atoms with Gasteiger partial charge in [-0.3, -0.25) is 0 Å². The van der Waals surface area contributed by atoms with E-state index in [1.54, 1.807) is 6.07 Å². The lowest BCUT2D eigenvalue weighted by Crippen LogP contribution is -2.09. The van der Waals surface area contributed by atoms with E-state index >= 15 is 0 Å². The van der Waals surface area contributed by atoms with Gasteiger partial charge in [-0.25, -0.2) is 4.39 Å². The Kier molecular flexibility index (Phi) is 4.77. The van der Waals surface area contributed by atoms with Gasteiger partial charge in [0.25, 0.3) is 0 Å². The van der Waals surface area contributed by atoms with Gasteiger partial charge in [0.15, 0.2) is 0 Å². The first-order chi connectivity index (χ1) is 9.20. The summed E-state index contributed by atoms with van der Waals surface area (Å²) >= 11 is 5.71. The van der Waals surface area contributed by atoms with E-state index in [9.17, 15) is 4.39 Å². The predicted molar refractivity (Wildman–Crippen MR) is 74.9 cm³/mol. The monoisotopic (exact) mass is 279 g/mol. The topological polar surface area (TPSA) is 21.3 Å². The molecular formula is C15H15ClFNO. The third-order valence-electron chi connectivity index (χ3n) is 2.77. The summed E-state index contributed by atoms with van der Waals surface area (Å²) in [5, 5.41) is 3.18. The second kappa shape index (κ2) is 6.55. The van der Waals surface area contributed by atoms with Crippen LogP contribution in [0, 0.1) is 5.82 Å². The second-order valence-electron chi connectivity index (χ2n) is 4.16. The van der Waals surface area contributed by atoms with Gasteiger partial charge < -0.3 is 10.1 Å². The number of nitrogens with one attached hydrogen (secondary N) is 1. The van der Waals surface area contributed by atoms with Crippen molar-refractivity contribution in [3.05, 3.63) is 64.4 Å². The van der Waals surface area contributed by atoms with Gasteiger partial charge >= 0.3 is 0 Å². The Balaban J connectivity index is 2.07. The Morgan fingerprint density at radius 1 is 1.16 bits per heavy atom. The summed E-state index contributed by atoms with van der Waals surface area (Å²) in [6.45, 7) is 1.21. The quantitative estimate of drug-likeness (QED) is 0.899. The van der Waals surface area contributed by atoms with E-state index in [1.165, 1.54) is 17.7 Å². The summed E-state index contributed by atoms with van der Waals surface area (Å²) < 4.78 is 18.7.